The second-order valence-corrected chi connectivity index (χ2v) is 9.04. The Morgan fingerprint density at radius 3 is 2.29 bits per heavy atom. The largest absolute Gasteiger partial charge is 0.479 e. The van der Waals surface area contributed by atoms with E-state index in [1.54, 1.807) is 0 Å². The van der Waals surface area contributed by atoms with Crippen molar-refractivity contribution in [3.63, 3.8) is 0 Å². The molecule has 2 amide bonds. The Morgan fingerprint density at radius 1 is 1.00 bits per heavy atom. The Hall–Kier alpha value is -3.39. The minimum atomic E-state index is -1.47. The van der Waals surface area contributed by atoms with Gasteiger partial charge in [-0.15, -0.1) is 0 Å². The van der Waals surface area contributed by atoms with Crippen molar-refractivity contribution in [2.75, 3.05) is 13.2 Å². The Kier molecular flexibility index (Phi) is 7.47. The van der Waals surface area contributed by atoms with E-state index in [1.165, 1.54) is 22.3 Å². The smallest absolute Gasteiger partial charge is 0.407 e. The van der Waals surface area contributed by atoms with Crippen molar-refractivity contribution in [3.8, 4) is 11.1 Å². The van der Waals surface area contributed by atoms with Gasteiger partial charge in [-0.1, -0.05) is 48.5 Å². The first-order chi connectivity index (χ1) is 16.4. The van der Waals surface area contributed by atoms with Crippen LogP contribution in [0.1, 0.15) is 49.1 Å². The maximum absolute atomic E-state index is 12.5. The van der Waals surface area contributed by atoms with E-state index in [0.717, 1.165) is 12.8 Å². The van der Waals surface area contributed by atoms with Crippen molar-refractivity contribution in [1.29, 1.82) is 0 Å². The van der Waals surface area contributed by atoms with Crippen LogP contribution in [0.2, 0.25) is 0 Å². The number of amides is 2. The monoisotopic (exact) mass is 466 g/mol. The number of aliphatic carboxylic acids is 1. The van der Waals surface area contributed by atoms with E-state index < -0.39 is 18.2 Å². The van der Waals surface area contributed by atoms with Crippen molar-refractivity contribution in [3.05, 3.63) is 59.7 Å². The summed E-state index contributed by atoms with van der Waals surface area (Å²) < 4.78 is 5.61. The number of carbonyl (C=O) groups is 3. The Labute approximate surface area is 198 Å². The van der Waals surface area contributed by atoms with Gasteiger partial charge in [-0.05, 0) is 47.4 Å². The number of aliphatic hydroxyl groups is 1. The molecule has 0 spiro atoms. The number of carbonyl (C=O) groups excluding carboxylic acids is 2. The lowest BCUT2D eigenvalue weighted by Gasteiger charge is -2.17. The van der Waals surface area contributed by atoms with E-state index in [9.17, 15) is 19.5 Å². The van der Waals surface area contributed by atoms with Gasteiger partial charge in [0, 0.05) is 31.3 Å². The molecule has 0 aliphatic heterocycles. The van der Waals surface area contributed by atoms with Crippen LogP contribution in [0.5, 0.6) is 0 Å². The van der Waals surface area contributed by atoms with Crippen molar-refractivity contribution in [1.82, 2.24) is 10.6 Å². The molecule has 3 unspecified atom stereocenters. The molecule has 3 atom stereocenters. The van der Waals surface area contributed by atoms with Crippen LogP contribution >= 0.6 is 0 Å². The Bertz CT molecular complexity index is 1010. The lowest BCUT2D eigenvalue weighted by molar-refractivity contribution is -0.147. The van der Waals surface area contributed by atoms with Gasteiger partial charge in [0.2, 0.25) is 5.91 Å². The van der Waals surface area contributed by atoms with Crippen LogP contribution in [0.15, 0.2) is 48.5 Å². The molecule has 0 aromatic heterocycles. The van der Waals surface area contributed by atoms with Gasteiger partial charge in [0.25, 0.3) is 0 Å². The number of carboxylic acids is 1. The maximum Gasteiger partial charge on any atom is 0.407 e. The molecule has 0 bridgehead atoms. The molecular formula is C26H30N2O6. The van der Waals surface area contributed by atoms with Gasteiger partial charge >= 0.3 is 12.1 Å². The number of alkyl carbamates (subject to hydrolysis) is 1. The lowest BCUT2D eigenvalue weighted by atomic mass is 9.98. The maximum atomic E-state index is 12.5. The fourth-order valence-corrected chi connectivity index (χ4v) is 5.00. The van der Waals surface area contributed by atoms with Crippen molar-refractivity contribution in [2.45, 2.75) is 50.2 Å². The average Bonchev–Trinajstić information content (AvgIpc) is 3.39. The highest BCUT2D eigenvalue weighted by molar-refractivity contribution is 5.79. The Morgan fingerprint density at radius 2 is 1.65 bits per heavy atom. The van der Waals surface area contributed by atoms with Crippen LogP contribution in [-0.2, 0) is 14.3 Å². The summed E-state index contributed by atoms with van der Waals surface area (Å²) in [7, 11) is 0. The molecule has 34 heavy (non-hydrogen) atoms. The number of hydrogen-bond acceptors (Lipinski definition) is 5. The first-order valence-corrected chi connectivity index (χ1v) is 11.7. The summed E-state index contributed by atoms with van der Waals surface area (Å²) in [6, 6.07) is 16.3. The summed E-state index contributed by atoms with van der Waals surface area (Å²) in [5.74, 6) is -1.32. The minimum Gasteiger partial charge on any atom is -0.479 e. The van der Waals surface area contributed by atoms with E-state index in [2.05, 4.69) is 34.9 Å². The van der Waals surface area contributed by atoms with Gasteiger partial charge in [0.15, 0.2) is 6.10 Å². The number of carboxylic acid groups (broad SMARTS) is 1. The van der Waals surface area contributed by atoms with E-state index in [0.29, 0.717) is 12.8 Å². The summed E-state index contributed by atoms with van der Waals surface area (Å²) >= 11 is 0. The van der Waals surface area contributed by atoms with Crippen molar-refractivity contribution >= 4 is 18.0 Å². The molecule has 4 N–H and O–H groups in total. The third-order valence-corrected chi connectivity index (χ3v) is 6.71. The fraction of sp³-hybridized carbons (Fsp3) is 0.423. The third-order valence-electron chi connectivity index (χ3n) is 6.71. The summed E-state index contributed by atoms with van der Waals surface area (Å²) in [5, 5.41) is 23.5. The lowest BCUT2D eigenvalue weighted by Crippen LogP contribution is -2.34. The van der Waals surface area contributed by atoms with Crippen LogP contribution in [0.3, 0.4) is 0 Å². The molecule has 1 fully saturated rings. The normalized spacial score (nSPS) is 19.7. The SMILES string of the molecule is O=C(CC1CCC(NC(=O)OCC2c3ccccc3-c3ccccc32)C1)NCCC(O)C(=O)O. The second-order valence-electron chi connectivity index (χ2n) is 9.04. The third kappa shape index (κ3) is 5.56. The van der Waals surface area contributed by atoms with E-state index in [-0.39, 0.29) is 43.4 Å². The van der Waals surface area contributed by atoms with Crippen molar-refractivity contribution in [2.24, 2.45) is 5.92 Å². The van der Waals surface area contributed by atoms with Gasteiger partial charge in [-0.25, -0.2) is 9.59 Å². The Balaban J connectivity index is 1.21. The number of rotatable bonds is 9. The number of ether oxygens (including phenoxy) is 1. The predicted molar refractivity (Wildman–Crippen MR) is 125 cm³/mol. The van der Waals surface area contributed by atoms with Crippen LogP contribution < -0.4 is 10.6 Å². The van der Waals surface area contributed by atoms with E-state index in [1.807, 2.05) is 24.3 Å². The van der Waals surface area contributed by atoms with Crippen molar-refractivity contribution < 1.29 is 29.3 Å². The summed E-state index contributed by atoms with van der Waals surface area (Å²) in [6.07, 6.45) is 0.649. The molecule has 0 saturated heterocycles. The molecule has 180 valence electrons. The molecule has 8 heteroatoms. The van der Waals surface area contributed by atoms with Crippen LogP contribution in [-0.4, -0.2) is 53.5 Å². The number of aliphatic hydroxyl groups excluding tert-OH is 1. The highest BCUT2D eigenvalue weighted by Crippen LogP contribution is 2.44. The molecule has 4 rings (SSSR count). The van der Waals surface area contributed by atoms with E-state index in [4.69, 9.17) is 9.84 Å². The quantitative estimate of drug-likeness (QED) is 0.450. The highest BCUT2D eigenvalue weighted by Gasteiger charge is 2.31. The number of benzene rings is 2. The topological polar surface area (TPSA) is 125 Å². The number of hydrogen-bond donors (Lipinski definition) is 4. The molecule has 2 aliphatic rings. The van der Waals surface area contributed by atoms with E-state index >= 15 is 0 Å². The predicted octanol–water partition coefficient (Wildman–Crippen LogP) is 3.04. The first-order valence-electron chi connectivity index (χ1n) is 11.7. The highest BCUT2D eigenvalue weighted by atomic mass is 16.5. The van der Waals surface area contributed by atoms with Gasteiger partial charge < -0.3 is 25.6 Å². The zero-order valence-electron chi connectivity index (χ0n) is 18.9. The number of fused-ring (bicyclic) bond motifs is 3. The molecule has 8 nitrogen and oxygen atoms in total. The van der Waals surface area contributed by atoms with Crippen LogP contribution in [0.4, 0.5) is 4.79 Å². The number of nitrogens with one attached hydrogen (secondary N) is 2. The standard InChI is InChI=1S/C26H30N2O6/c29-23(25(31)32)11-12-27-24(30)14-16-9-10-17(13-16)28-26(33)34-15-22-20-7-3-1-5-18(20)19-6-2-4-8-21(19)22/h1-8,16-17,22-23,29H,9-15H2,(H,27,30)(H,28,33)(H,31,32). The zero-order valence-corrected chi connectivity index (χ0v) is 18.9. The zero-order chi connectivity index (χ0) is 24.1. The summed E-state index contributed by atoms with van der Waals surface area (Å²) in [4.78, 5) is 35.2. The molecule has 0 heterocycles. The summed E-state index contributed by atoms with van der Waals surface area (Å²) in [6.45, 7) is 0.376. The first kappa shape index (κ1) is 23.8. The molecular weight excluding hydrogens is 436 g/mol. The van der Waals surface area contributed by atoms with Crippen LogP contribution in [0.25, 0.3) is 11.1 Å². The van der Waals surface area contributed by atoms with Gasteiger partial charge in [-0.3, -0.25) is 4.79 Å². The average molecular weight is 467 g/mol. The second kappa shape index (κ2) is 10.7. The molecule has 2 aromatic carbocycles. The van der Waals surface area contributed by atoms with Gasteiger partial charge in [-0.2, -0.15) is 0 Å². The molecule has 0 radical (unpaired) electrons. The van der Waals surface area contributed by atoms with Gasteiger partial charge in [0.05, 0.1) is 0 Å². The van der Waals surface area contributed by atoms with Gasteiger partial charge in [0.1, 0.15) is 6.61 Å². The van der Waals surface area contributed by atoms with Crippen LogP contribution in [0, 0.1) is 5.92 Å². The minimum absolute atomic E-state index is 0.0119. The fourth-order valence-electron chi connectivity index (χ4n) is 5.00. The molecule has 1 saturated carbocycles. The molecule has 2 aromatic rings. The molecule has 2 aliphatic carbocycles. The summed E-state index contributed by atoms with van der Waals surface area (Å²) in [5.41, 5.74) is 4.70.